The van der Waals surface area contributed by atoms with E-state index in [0.717, 1.165) is 30.8 Å². The molecule has 0 bridgehead atoms. The molecule has 0 aliphatic rings. The summed E-state index contributed by atoms with van der Waals surface area (Å²) in [5.74, 6) is 0.933. The van der Waals surface area contributed by atoms with Gasteiger partial charge in [-0.25, -0.2) is 0 Å². The maximum absolute atomic E-state index is 5.62. The van der Waals surface area contributed by atoms with Gasteiger partial charge in [-0.1, -0.05) is 32.0 Å². The van der Waals surface area contributed by atoms with E-state index in [1.807, 2.05) is 18.4 Å². The Kier molecular flexibility index (Phi) is 4.36. The van der Waals surface area contributed by atoms with Gasteiger partial charge in [0.25, 0.3) is 0 Å². The first-order valence-electron chi connectivity index (χ1n) is 6.43. The molecule has 0 atom stereocenters. The molecular formula is C15H21NOS. The molecule has 0 saturated carbocycles. The molecular weight excluding hydrogens is 242 g/mol. The summed E-state index contributed by atoms with van der Waals surface area (Å²) in [5, 5.41) is 4.71. The molecule has 1 N–H and O–H groups in total. The van der Waals surface area contributed by atoms with Crippen LogP contribution in [0.3, 0.4) is 0 Å². The Hall–Kier alpha value is -0.930. The van der Waals surface area contributed by atoms with Crippen LogP contribution in [0.25, 0.3) is 11.0 Å². The fraction of sp³-hybridized carbons (Fsp3) is 0.467. The van der Waals surface area contributed by atoms with Gasteiger partial charge in [0, 0.05) is 22.9 Å². The summed E-state index contributed by atoms with van der Waals surface area (Å²) in [6, 6.07) is 8.21. The standard InChI is InChI=1S/C15H21NOS/c1-15(2,11-16-8-5-9-18)13-10-17-14-7-4-3-6-12(13)14/h3-4,6-7,10,16,18H,5,8-9,11H2,1-2H3. The number of thiol groups is 1. The Labute approximate surface area is 114 Å². The van der Waals surface area contributed by atoms with Gasteiger partial charge < -0.3 is 9.73 Å². The molecule has 0 fully saturated rings. The molecule has 2 aromatic rings. The highest BCUT2D eigenvalue weighted by molar-refractivity contribution is 7.80. The molecule has 2 rings (SSSR count). The van der Waals surface area contributed by atoms with Crippen LogP contribution < -0.4 is 5.32 Å². The van der Waals surface area contributed by atoms with Crippen molar-refractivity contribution < 1.29 is 4.42 Å². The third-order valence-electron chi connectivity index (χ3n) is 3.29. The van der Waals surface area contributed by atoms with Gasteiger partial charge in [0.1, 0.15) is 5.58 Å². The van der Waals surface area contributed by atoms with Crippen molar-refractivity contribution in [3.63, 3.8) is 0 Å². The molecule has 0 aliphatic heterocycles. The highest BCUT2D eigenvalue weighted by Crippen LogP contribution is 2.31. The number of fused-ring (bicyclic) bond motifs is 1. The first-order valence-corrected chi connectivity index (χ1v) is 7.07. The predicted octanol–water partition coefficient (Wildman–Crippen LogP) is 3.62. The first-order chi connectivity index (χ1) is 8.65. The molecule has 0 saturated heterocycles. The summed E-state index contributed by atoms with van der Waals surface area (Å²) in [6.45, 7) is 6.46. The van der Waals surface area contributed by atoms with Gasteiger partial charge in [-0.2, -0.15) is 12.6 Å². The topological polar surface area (TPSA) is 25.2 Å². The lowest BCUT2D eigenvalue weighted by molar-refractivity contribution is 0.465. The van der Waals surface area contributed by atoms with Gasteiger partial charge in [0.15, 0.2) is 0 Å². The zero-order valence-electron chi connectivity index (χ0n) is 11.1. The van der Waals surface area contributed by atoms with Crippen LogP contribution in [-0.4, -0.2) is 18.8 Å². The zero-order valence-corrected chi connectivity index (χ0v) is 12.0. The van der Waals surface area contributed by atoms with Crippen LogP contribution in [0, 0.1) is 0 Å². The van der Waals surface area contributed by atoms with Crippen LogP contribution in [0.1, 0.15) is 25.8 Å². The SMILES string of the molecule is CC(C)(CNCCCS)c1coc2ccccc12. The molecule has 1 aromatic carbocycles. The predicted molar refractivity (Wildman–Crippen MR) is 80.6 cm³/mol. The number of furan rings is 1. The van der Waals surface area contributed by atoms with E-state index in [0.29, 0.717) is 0 Å². The van der Waals surface area contributed by atoms with Crippen molar-refractivity contribution in [2.24, 2.45) is 0 Å². The van der Waals surface area contributed by atoms with E-state index in [9.17, 15) is 0 Å². The van der Waals surface area contributed by atoms with E-state index < -0.39 is 0 Å². The van der Waals surface area contributed by atoms with Gasteiger partial charge in [-0.3, -0.25) is 0 Å². The van der Waals surface area contributed by atoms with E-state index in [2.05, 4.69) is 43.9 Å². The highest BCUT2D eigenvalue weighted by atomic mass is 32.1. The van der Waals surface area contributed by atoms with Gasteiger partial charge in [0.2, 0.25) is 0 Å². The number of benzene rings is 1. The highest BCUT2D eigenvalue weighted by Gasteiger charge is 2.24. The third-order valence-corrected chi connectivity index (χ3v) is 3.60. The van der Waals surface area contributed by atoms with E-state index >= 15 is 0 Å². The number of nitrogens with one attached hydrogen (secondary N) is 1. The maximum atomic E-state index is 5.62. The largest absolute Gasteiger partial charge is 0.464 e. The lowest BCUT2D eigenvalue weighted by Gasteiger charge is -2.24. The normalized spacial score (nSPS) is 12.2. The molecule has 0 aliphatic carbocycles. The van der Waals surface area contributed by atoms with Crippen LogP contribution in [0.5, 0.6) is 0 Å². The molecule has 2 nitrogen and oxygen atoms in total. The summed E-state index contributed by atoms with van der Waals surface area (Å²) >= 11 is 4.22. The summed E-state index contributed by atoms with van der Waals surface area (Å²) in [5.41, 5.74) is 2.32. The van der Waals surface area contributed by atoms with Crippen molar-refractivity contribution >= 4 is 23.6 Å². The van der Waals surface area contributed by atoms with Gasteiger partial charge >= 0.3 is 0 Å². The van der Waals surface area contributed by atoms with Crippen molar-refractivity contribution in [2.45, 2.75) is 25.7 Å². The number of hydrogen-bond donors (Lipinski definition) is 2. The van der Waals surface area contributed by atoms with Gasteiger partial charge in [0.05, 0.1) is 6.26 Å². The Morgan fingerprint density at radius 1 is 1.28 bits per heavy atom. The second-order valence-electron chi connectivity index (χ2n) is 5.28. The minimum absolute atomic E-state index is 0.0726. The molecule has 1 heterocycles. The Morgan fingerprint density at radius 2 is 2.06 bits per heavy atom. The van der Waals surface area contributed by atoms with E-state index in [1.54, 1.807) is 0 Å². The minimum atomic E-state index is 0.0726. The number of para-hydroxylation sites is 1. The molecule has 18 heavy (non-hydrogen) atoms. The van der Waals surface area contributed by atoms with Crippen LogP contribution in [0.2, 0.25) is 0 Å². The average molecular weight is 263 g/mol. The average Bonchev–Trinajstić information content (AvgIpc) is 2.79. The second kappa shape index (κ2) is 5.81. The fourth-order valence-corrected chi connectivity index (χ4v) is 2.36. The second-order valence-corrected chi connectivity index (χ2v) is 5.73. The molecule has 0 radical (unpaired) electrons. The Balaban J connectivity index is 2.13. The number of rotatable bonds is 6. The molecule has 0 unspecified atom stereocenters. The third kappa shape index (κ3) is 2.90. The van der Waals surface area contributed by atoms with E-state index in [-0.39, 0.29) is 5.41 Å². The molecule has 0 spiro atoms. The molecule has 0 amide bonds. The molecule has 3 heteroatoms. The van der Waals surface area contributed by atoms with E-state index in [4.69, 9.17) is 4.42 Å². The minimum Gasteiger partial charge on any atom is -0.464 e. The summed E-state index contributed by atoms with van der Waals surface area (Å²) in [6.07, 6.45) is 3.00. The first kappa shape index (κ1) is 13.5. The Bertz CT molecular complexity index is 504. The van der Waals surface area contributed by atoms with Crippen molar-refractivity contribution in [1.82, 2.24) is 5.32 Å². The van der Waals surface area contributed by atoms with Crippen molar-refractivity contribution in [3.8, 4) is 0 Å². The van der Waals surface area contributed by atoms with Gasteiger partial charge in [-0.05, 0) is 24.8 Å². The van der Waals surface area contributed by atoms with Crippen molar-refractivity contribution in [2.75, 3.05) is 18.8 Å². The van der Waals surface area contributed by atoms with Crippen LogP contribution in [-0.2, 0) is 5.41 Å². The van der Waals surface area contributed by atoms with Crippen molar-refractivity contribution in [1.29, 1.82) is 0 Å². The lowest BCUT2D eigenvalue weighted by atomic mass is 9.84. The summed E-state index contributed by atoms with van der Waals surface area (Å²) in [4.78, 5) is 0. The van der Waals surface area contributed by atoms with E-state index in [1.165, 1.54) is 10.9 Å². The molecule has 1 aromatic heterocycles. The van der Waals surface area contributed by atoms with Crippen molar-refractivity contribution in [3.05, 3.63) is 36.1 Å². The fourth-order valence-electron chi connectivity index (χ4n) is 2.20. The monoisotopic (exact) mass is 263 g/mol. The smallest absolute Gasteiger partial charge is 0.134 e. The Morgan fingerprint density at radius 3 is 2.83 bits per heavy atom. The van der Waals surface area contributed by atoms with Crippen LogP contribution in [0.4, 0.5) is 0 Å². The van der Waals surface area contributed by atoms with Crippen LogP contribution >= 0.6 is 12.6 Å². The maximum Gasteiger partial charge on any atom is 0.134 e. The van der Waals surface area contributed by atoms with Crippen LogP contribution in [0.15, 0.2) is 34.9 Å². The number of hydrogen-bond acceptors (Lipinski definition) is 3. The quantitative estimate of drug-likeness (QED) is 0.615. The zero-order chi connectivity index (χ0) is 13.0. The summed E-state index contributed by atoms with van der Waals surface area (Å²) < 4.78 is 5.62. The van der Waals surface area contributed by atoms with Gasteiger partial charge in [-0.15, -0.1) is 0 Å². The summed E-state index contributed by atoms with van der Waals surface area (Å²) in [7, 11) is 0. The lowest BCUT2D eigenvalue weighted by Crippen LogP contribution is -2.33. The molecule has 98 valence electrons.